The summed E-state index contributed by atoms with van der Waals surface area (Å²) >= 11 is 0. The molecule has 0 atom stereocenters. The highest BCUT2D eigenvalue weighted by Crippen LogP contribution is 2.27. The van der Waals surface area contributed by atoms with E-state index in [2.05, 4.69) is 27.7 Å². The third-order valence-electron chi connectivity index (χ3n) is 4.61. The van der Waals surface area contributed by atoms with Crippen LogP contribution in [-0.4, -0.2) is 0 Å². The Morgan fingerprint density at radius 3 is 0.750 bits per heavy atom. The van der Waals surface area contributed by atoms with E-state index in [0.29, 0.717) is 0 Å². The Kier molecular flexibility index (Phi) is 6.46. The van der Waals surface area contributed by atoms with Gasteiger partial charge in [-0.2, -0.15) is 0 Å². The summed E-state index contributed by atoms with van der Waals surface area (Å²) in [5.74, 6) is 4.08. The molecule has 0 aliphatic heterocycles. The van der Waals surface area contributed by atoms with E-state index in [1.165, 1.54) is 51.4 Å². The third kappa shape index (κ3) is 5.92. The maximum absolute atomic E-state index is 2.37. The molecule has 0 unspecified atom stereocenters. The fourth-order valence-electron chi connectivity index (χ4n) is 2.85. The van der Waals surface area contributed by atoms with Gasteiger partial charge in [0.25, 0.3) is 0 Å². The number of hydrogen-bond acceptors (Lipinski definition) is 0. The van der Waals surface area contributed by atoms with Gasteiger partial charge in [-0.1, -0.05) is 79.1 Å². The molecule has 100 valence electrons. The number of rotatable bonds is 0. The van der Waals surface area contributed by atoms with Gasteiger partial charge in [0.05, 0.1) is 0 Å². The predicted molar refractivity (Wildman–Crippen MR) is 77.8 cm³/mol. The minimum absolute atomic E-state index is 0. The number of hydrogen-bond donors (Lipinski definition) is 0. The minimum atomic E-state index is 0. The monoisotopic (exact) mass is 229 g/mol. The summed E-state index contributed by atoms with van der Waals surface area (Å²) in [7, 11) is 0. The first kappa shape index (κ1) is 14.1. The molecule has 2 rings (SSSR count). The largest absolute Gasteiger partial charge is 0.0625 e. The highest BCUT2D eigenvalue weighted by atomic mass is 14.2. The van der Waals surface area contributed by atoms with E-state index in [9.17, 15) is 0 Å². The SMILES string of the molecule is CC1CCC(C)CC1.CC1CCC(C)CC1.[2HH].[HH]. The molecule has 2 aliphatic rings. The van der Waals surface area contributed by atoms with Crippen LogP contribution in [0.5, 0.6) is 0 Å². The van der Waals surface area contributed by atoms with Crippen LogP contribution in [-0.2, 0) is 0 Å². The van der Waals surface area contributed by atoms with Gasteiger partial charge >= 0.3 is 0 Å². The second kappa shape index (κ2) is 7.35. The van der Waals surface area contributed by atoms with Crippen molar-refractivity contribution in [3.63, 3.8) is 0 Å². The molecule has 2 saturated carbocycles. The highest BCUT2D eigenvalue weighted by molar-refractivity contribution is 4.66. The van der Waals surface area contributed by atoms with Gasteiger partial charge in [0, 0.05) is 2.85 Å². The standard InChI is InChI=1S/2C8H16.2H2/c2*1-7-3-5-8(2)6-4-7;;/h2*7-8H,3-6H2,1-2H3;2*1H/i;;1+1;. The zero-order valence-corrected chi connectivity index (χ0v) is 12.0. The van der Waals surface area contributed by atoms with E-state index >= 15 is 0 Å². The Morgan fingerprint density at radius 1 is 0.500 bits per heavy atom. The summed E-state index contributed by atoms with van der Waals surface area (Å²) < 4.78 is 0. The molecule has 0 N–H and O–H groups in total. The first-order valence-electron chi connectivity index (χ1n) is 7.58. The maximum Gasteiger partial charge on any atom is 0 e. The lowest BCUT2D eigenvalue weighted by Gasteiger charge is -2.22. The van der Waals surface area contributed by atoms with Gasteiger partial charge in [0.15, 0.2) is 0 Å². The third-order valence-corrected chi connectivity index (χ3v) is 4.61. The highest BCUT2D eigenvalue weighted by Gasteiger charge is 2.13. The molecule has 0 nitrogen and oxygen atoms in total. The topological polar surface area (TPSA) is 0 Å². The van der Waals surface area contributed by atoms with Gasteiger partial charge in [0.2, 0.25) is 0 Å². The first-order valence-corrected chi connectivity index (χ1v) is 7.58. The van der Waals surface area contributed by atoms with Crippen molar-refractivity contribution in [2.75, 3.05) is 0 Å². The second-order valence-corrected chi connectivity index (χ2v) is 6.73. The molecule has 2 fully saturated rings. The lowest BCUT2D eigenvalue weighted by molar-refractivity contribution is 0.308. The van der Waals surface area contributed by atoms with Crippen molar-refractivity contribution in [3.05, 3.63) is 0 Å². The van der Waals surface area contributed by atoms with Crippen molar-refractivity contribution < 1.29 is 2.85 Å². The van der Waals surface area contributed by atoms with E-state index in [-0.39, 0.29) is 2.85 Å². The molecule has 0 saturated heterocycles. The molecule has 16 heavy (non-hydrogen) atoms. The average molecular weight is 229 g/mol. The zero-order chi connectivity index (χ0) is 12.0. The van der Waals surface area contributed by atoms with E-state index in [0.717, 1.165) is 23.7 Å². The first-order chi connectivity index (χ1) is 7.58. The maximum atomic E-state index is 2.37. The summed E-state index contributed by atoms with van der Waals surface area (Å²) in [5, 5.41) is 0. The Morgan fingerprint density at radius 2 is 0.625 bits per heavy atom. The van der Waals surface area contributed by atoms with Crippen LogP contribution in [0.15, 0.2) is 0 Å². The Labute approximate surface area is 106 Å². The van der Waals surface area contributed by atoms with Gasteiger partial charge in [-0.25, -0.2) is 0 Å². The fraction of sp³-hybridized carbons (Fsp3) is 1.00. The van der Waals surface area contributed by atoms with E-state index in [1.54, 1.807) is 0 Å². The molecule has 0 bridgehead atoms. The normalized spacial score (nSPS) is 39.8. The van der Waals surface area contributed by atoms with Crippen molar-refractivity contribution in [1.82, 2.24) is 0 Å². The van der Waals surface area contributed by atoms with E-state index in [1.807, 2.05) is 0 Å². The Bertz CT molecular complexity index is 126. The van der Waals surface area contributed by atoms with E-state index < -0.39 is 0 Å². The van der Waals surface area contributed by atoms with Crippen molar-refractivity contribution in [1.29, 1.82) is 0 Å². The predicted octanol–water partition coefficient (Wildman–Crippen LogP) is 6.16. The van der Waals surface area contributed by atoms with Gasteiger partial charge in [-0.3, -0.25) is 0 Å². The smallest absolute Gasteiger partial charge is 0 e. The summed E-state index contributed by atoms with van der Waals surface area (Å²) in [4.78, 5) is 0. The molecular weight excluding hydrogens is 192 g/mol. The Hall–Kier alpha value is 0. The average Bonchev–Trinajstić information content (AvgIpc) is 2.28. The van der Waals surface area contributed by atoms with Crippen molar-refractivity contribution in [2.45, 2.75) is 79.1 Å². The molecule has 0 amide bonds. The van der Waals surface area contributed by atoms with Crippen molar-refractivity contribution in [2.24, 2.45) is 23.7 Å². The molecule has 2 aliphatic carbocycles. The molecule has 0 aromatic rings. The van der Waals surface area contributed by atoms with Crippen LogP contribution in [0.2, 0.25) is 0 Å². The fourth-order valence-corrected chi connectivity index (χ4v) is 2.85. The van der Waals surface area contributed by atoms with Crippen LogP contribution in [0.1, 0.15) is 81.9 Å². The Balaban J connectivity index is 0. The molecule has 0 radical (unpaired) electrons. The van der Waals surface area contributed by atoms with Crippen LogP contribution in [0.4, 0.5) is 0 Å². The van der Waals surface area contributed by atoms with Crippen molar-refractivity contribution >= 4 is 0 Å². The van der Waals surface area contributed by atoms with Gasteiger partial charge < -0.3 is 0 Å². The van der Waals surface area contributed by atoms with E-state index in [4.69, 9.17) is 0 Å². The molecule has 0 heterocycles. The van der Waals surface area contributed by atoms with Crippen LogP contribution in [0.3, 0.4) is 0 Å². The van der Waals surface area contributed by atoms with Crippen molar-refractivity contribution in [3.8, 4) is 0 Å². The zero-order valence-electron chi connectivity index (χ0n) is 12.0. The van der Waals surface area contributed by atoms with Crippen LogP contribution in [0.25, 0.3) is 0 Å². The summed E-state index contributed by atoms with van der Waals surface area (Å²) in [6.07, 6.45) is 11.8. The summed E-state index contributed by atoms with van der Waals surface area (Å²) in [6, 6.07) is 0. The molecule has 0 aromatic carbocycles. The van der Waals surface area contributed by atoms with Gasteiger partial charge in [-0.05, 0) is 23.7 Å². The summed E-state index contributed by atoms with van der Waals surface area (Å²) in [5.41, 5.74) is 0. The quantitative estimate of drug-likeness (QED) is 0.467. The lowest BCUT2D eigenvalue weighted by Crippen LogP contribution is -2.08. The minimum Gasteiger partial charge on any atom is -0.0625 e. The van der Waals surface area contributed by atoms with Gasteiger partial charge in [-0.15, -0.1) is 0 Å². The van der Waals surface area contributed by atoms with Gasteiger partial charge in [0.1, 0.15) is 0 Å². The van der Waals surface area contributed by atoms with Crippen LogP contribution in [0, 0.1) is 23.7 Å². The van der Waals surface area contributed by atoms with Crippen LogP contribution >= 0.6 is 0 Å². The molecular formula is C16H36. The molecule has 0 spiro atoms. The van der Waals surface area contributed by atoms with Crippen LogP contribution < -0.4 is 0 Å². The lowest BCUT2D eigenvalue weighted by atomic mass is 9.84. The molecule has 0 aromatic heterocycles. The second-order valence-electron chi connectivity index (χ2n) is 6.73. The molecule has 0 heteroatoms. The summed E-state index contributed by atoms with van der Waals surface area (Å²) in [6.45, 7) is 9.47.